The van der Waals surface area contributed by atoms with Crippen LogP contribution in [0.5, 0.6) is 0 Å². The van der Waals surface area contributed by atoms with Crippen LogP contribution in [-0.2, 0) is 24.4 Å². The van der Waals surface area contributed by atoms with Crippen molar-refractivity contribution in [2.75, 3.05) is 6.61 Å². The molecule has 0 amide bonds. The standard InChI is InChI=1S/C15H15N5O3/c1-10-4-2-3-5-11(10)14-18-23-15(21)20(14)8-12-16-17-13-9-22-7-6-19(12)13/h2-5H,6-9H2,1H3. The normalized spacial score (nSPS) is 14.0. The van der Waals surface area contributed by atoms with E-state index < -0.39 is 5.76 Å². The minimum Gasteiger partial charge on any atom is -0.372 e. The molecule has 0 atom stereocenters. The number of ether oxygens (including phenoxy) is 1. The van der Waals surface area contributed by atoms with Crippen molar-refractivity contribution in [1.29, 1.82) is 0 Å². The Morgan fingerprint density at radius 1 is 1.26 bits per heavy atom. The van der Waals surface area contributed by atoms with Crippen LogP contribution in [0.3, 0.4) is 0 Å². The summed E-state index contributed by atoms with van der Waals surface area (Å²) < 4.78 is 13.7. The summed E-state index contributed by atoms with van der Waals surface area (Å²) in [6.07, 6.45) is 0. The molecule has 0 spiro atoms. The summed E-state index contributed by atoms with van der Waals surface area (Å²) in [6, 6.07) is 7.73. The Morgan fingerprint density at radius 2 is 2.13 bits per heavy atom. The van der Waals surface area contributed by atoms with Gasteiger partial charge in [0, 0.05) is 12.1 Å². The van der Waals surface area contributed by atoms with Crippen molar-refractivity contribution in [2.24, 2.45) is 0 Å². The third-order valence-corrected chi connectivity index (χ3v) is 3.97. The van der Waals surface area contributed by atoms with Crippen LogP contribution in [0.2, 0.25) is 0 Å². The number of rotatable bonds is 3. The molecule has 0 saturated heterocycles. The molecule has 0 saturated carbocycles. The van der Waals surface area contributed by atoms with E-state index in [-0.39, 0.29) is 6.54 Å². The van der Waals surface area contributed by atoms with Crippen LogP contribution in [0.25, 0.3) is 11.4 Å². The zero-order valence-electron chi connectivity index (χ0n) is 12.6. The number of aromatic nitrogens is 5. The Morgan fingerprint density at radius 3 is 3.00 bits per heavy atom. The summed E-state index contributed by atoms with van der Waals surface area (Å²) in [5, 5.41) is 12.2. The second kappa shape index (κ2) is 5.47. The highest BCUT2D eigenvalue weighted by Crippen LogP contribution is 2.21. The molecule has 0 aliphatic carbocycles. The molecule has 4 rings (SSSR count). The van der Waals surface area contributed by atoms with E-state index >= 15 is 0 Å². The lowest BCUT2D eigenvalue weighted by Crippen LogP contribution is -2.23. The van der Waals surface area contributed by atoms with Gasteiger partial charge >= 0.3 is 5.76 Å². The second-order valence-electron chi connectivity index (χ2n) is 5.41. The van der Waals surface area contributed by atoms with Crippen molar-refractivity contribution >= 4 is 0 Å². The Balaban J connectivity index is 1.76. The molecule has 1 aliphatic rings. The van der Waals surface area contributed by atoms with Gasteiger partial charge in [0.1, 0.15) is 6.61 Å². The van der Waals surface area contributed by atoms with Crippen LogP contribution in [0.4, 0.5) is 0 Å². The highest BCUT2D eigenvalue weighted by Gasteiger charge is 2.20. The molecule has 0 bridgehead atoms. The van der Waals surface area contributed by atoms with Gasteiger partial charge in [-0.05, 0) is 12.5 Å². The number of fused-ring (bicyclic) bond motifs is 1. The SMILES string of the molecule is Cc1ccccc1-c1noc(=O)n1Cc1nnc2n1CCOC2. The molecule has 23 heavy (non-hydrogen) atoms. The van der Waals surface area contributed by atoms with Crippen LogP contribution < -0.4 is 5.76 Å². The fourth-order valence-electron chi connectivity index (χ4n) is 2.74. The molecule has 2 aromatic heterocycles. The first kappa shape index (κ1) is 13.9. The van der Waals surface area contributed by atoms with Gasteiger partial charge in [-0.1, -0.05) is 29.4 Å². The number of nitrogens with zero attached hydrogens (tertiary/aromatic N) is 5. The predicted octanol–water partition coefficient (Wildman–Crippen LogP) is 0.982. The summed E-state index contributed by atoms with van der Waals surface area (Å²) in [5.41, 5.74) is 1.88. The zero-order chi connectivity index (χ0) is 15.8. The Labute approximate surface area is 131 Å². The Bertz CT molecular complexity index is 908. The Kier molecular flexibility index (Phi) is 3.30. The summed E-state index contributed by atoms with van der Waals surface area (Å²) in [7, 11) is 0. The first-order chi connectivity index (χ1) is 11.2. The van der Waals surface area contributed by atoms with Gasteiger partial charge in [0.15, 0.2) is 17.5 Å². The largest absolute Gasteiger partial charge is 0.442 e. The van der Waals surface area contributed by atoms with Crippen molar-refractivity contribution in [3.63, 3.8) is 0 Å². The fourth-order valence-corrected chi connectivity index (χ4v) is 2.74. The lowest BCUT2D eigenvalue weighted by Gasteiger charge is -2.15. The van der Waals surface area contributed by atoms with Gasteiger partial charge in [-0.15, -0.1) is 10.2 Å². The van der Waals surface area contributed by atoms with Gasteiger partial charge in [0.05, 0.1) is 13.2 Å². The molecule has 1 aliphatic heterocycles. The van der Waals surface area contributed by atoms with E-state index in [2.05, 4.69) is 15.4 Å². The third-order valence-electron chi connectivity index (χ3n) is 3.97. The van der Waals surface area contributed by atoms with Crippen molar-refractivity contribution in [3.05, 3.63) is 52.0 Å². The quantitative estimate of drug-likeness (QED) is 0.716. The van der Waals surface area contributed by atoms with Crippen molar-refractivity contribution in [2.45, 2.75) is 26.6 Å². The van der Waals surface area contributed by atoms with E-state index in [1.807, 2.05) is 35.8 Å². The predicted molar refractivity (Wildman–Crippen MR) is 79.7 cm³/mol. The lowest BCUT2D eigenvalue weighted by atomic mass is 10.1. The summed E-state index contributed by atoms with van der Waals surface area (Å²) in [5.74, 6) is 1.46. The number of aryl methyl sites for hydroxylation is 1. The first-order valence-corrected chi connectivity index (χ1v) is 7.35. The summed E-state index contributed by atoms with van der Waals surface area (Å²) >= 11 is 0. The number of benzene rings is 1. The number of hydrogen-bond acceptors (Lipinski definition) is 6. The van der Waals surface area contributed by atoms with Gasteiger partial charge in [-0.3, -0.25) is 4.52 Å². The molecule has 0 radical (unpaired) electrons. The maximum atomic E-state index is 12.1. The van der Waals surface area contributed by atoms with E-state index in [1.165, 1.54) is 4.57 Å². The molecule has 118 valence electrons. The molecule has 3 heterocycles. The van der Waals surface area contributed by atoms with Crippen LogP contribution in [0, 0.1) is 6.92 Å². The van der Waals surface area contributed by atoms with Crippen LogP contribution in [0.1, 0.15) is 17.2 Å². The van der Waals surface area contributed by atoms with Crippen molar-refractivity contribution in [3.8, 4) is 11.4 Å². The molecule has 1 aromatic carbocycles. The Hall–Kier alpha value is -2.74. The van der Waals surface area contributed by atoms with Crippen LogP contribution in [-0.4, -0.2) is 31.1 Å². The zero-order valence-corrected chi connectivity index (χ0v) is 12.6. The van der Waals surface area contributed by atoms with Gasteiger partial charge in [-0.25, -0.2) is 9.36 Å². The van der Waals surface area contributed by atoms with Gasteiger partial charge in [0.25, 0.3) is 0 Å². The van der Waals surface area contributed by atoms with Crippen molar-refractivity contribution < 1.29 is 9.26 Å². The van der Waals surface area contributed by atoms with Crippen LogP contribution >= 0.6 is 0 Å². The van der Waals surface area contributed by atoms with Crippen molar-refractivity contribution in [1.82, 2.24) is 24.5 Å². The number of hydrogen-bond donors (Lipinski definition) is 0. The average Bonchev–Trinajstić information content (AvgIpc) is 3.14. The van der Waals surface area contributed by atoms with Gasteiger partial charge in [-0.2, -0.15) is 0 Å². The summed E-state index contributed by atoms with van der Waals surface area (Å²) in [4.78, 5) is 12.1. The van der Waals surface area contributed by atoms with E-state index in [1.54, 1.807) is 0 Å². The minimum absolute atomic E-state index is 0.263. The highest BCUT2D eigenvalue weighted by atomic mass is 16.5. The lowest BCUT2D eigenvalue weighted by molar-refractivity contribution is 0.0805. The van der Waals surface area contributed by atoms with Crippen LogP contribution in [0.15, 0.2) is 33.6 Å². The average molecular weight is 313 g/mol. The molecule has 3 aromatic rings. The van der Waals surface area contributed by atoms with Gasteiger partial charge in [0.2, 0.25) is 0 Å². The third kappa shape index (κ3) is 2.36. The maximum Gasteiger partial charge on any atom is 0.442 e. The second-order valence-corrected chi connectivity index (χ2v) is 5.41. The maximum absolute atomic E-state index is 12.1. The van der Waals surface area contributed by atoms with E-state index in [9.17, 15) is 4.79 Å². The van der Waals surface area contributed by atoms with Gasteiger partial charge < -0.3 is 9.30 Å². The monoisotopic (exact) mass is 313 g/mol. The topological polar surface area (TPSA) is 88.0 Å². The molecule has 0 N–H and O–H groups in total. The highest BCUT2D eigenvalue weighted by molar-refractivity contribution is 5.59. The smallest absolute Gasteiger partial charge is 0.372 e. The molecule has 0 unspecified atom stereocenters. The first-order valence-electron chi connectivity index (χ1n) is 7.35. The van der Waals surface area contributed by atoms with E-state index in [4.69, 9.17) is 9.26 Å². The van der Waals surface area contributed by atoms with E-state index in [0.29, 0.717) is 31.4 Å². The molecular formula is C15H15N5O3. The fraction of sp³-hybridized carbons (Fsp3) is 0.333. The minimum atomic E-state index is -0.507. The summed E-state index contributed by atoms with van der Waals surface area (Å²) in [6.45, 7) is 3.96. The molecule has 0 fully saturated rings. The molecular weight excluding hydrogens is 298 g/mol. The molecule has 8 nitrogen and oxygen atoms in total. The molecule has 8 heteroatoms. The van der Waals surface area contributed by atoms with E-state index in [0.717, 1.165) is 17.0 Å².